The molecule has 17 heavy (non-hydrogen) atoms. The molecule has 1 aromatic carbocycles. The Morgan fingerprint density at radius 1 is 1.24 bits per heavy atom. The topological polar surface area (TPSA) is 12.0 Å². The summed E-state index contributed by atoms with van der Waals surface area (Å²) in [6.07, 6.45) is 5.62. The van der Waals surface area contributed by atoms with Gasteiger partial charge in [0.05, 0.1) is 0 Å². The lowest BCUT2D eigenvalue weighted by molar-refractivity contribution is 0.373. The Bertz CT molecular complexity index is 364. The Morgan fingerprint density at radius 2 is 1.94 bits per heavy atom. The van der Waals surface area contributed by atoms with Crippen LogP contribution < -0.4 is 5.32 Å². The molecule has 1 atom stereocenters. The maximum Gasteiger partial charge on any atom is 0.0351 e. The third kappa shape index (κ3) is 2.71. The van der Waals surface area contributed by atoms with E-state index in [9.17, 15) is 0 Å². The van der Waals surface area contributed by atoms with Gasteiger partial charge in [0, 0.05) is 6.04 Å². The largest absolute Gasteiger partial charge is 0.310 e. The van der Waals surface area contributed by atoms with Gasteiger partial charge in [-0.05, 0) is 55.8 Å². The van der Waals surface area contributed by atoms with E-state index in [-0.39, 0.29) is 0 Å². The Kier molecular flexibility index (Phi) is 4.22. The Labute approximate surface area is 106 Å². The molecule has 0 bridgehead atoms. The van der Waals surface area contributed by atoms with Crippen LogP contribution in [0, 0.1) is 19.8 Å². The molecule has 0 spiro atoms. The number of aryl methyl sites for hydroxylation is 1. The van der Waals surface area contributed by atoms with E-state index in [0.29, 0.717) is 6.04 Å². The van der Waals surface area contributed by atoms with Gasteiger partial charge in [0.25, 0.3) is 0 Å². The summed E-state index contributed by atoms with van der Waals surface area (Å²) in [5.41, 5.74) is 4.42. The van der Waals surface area contributed by atoms with Crippen molar-refractivity contribution >= 4 is 0 Å². The summed E-state index contributed by atoms with van der Waals surface area (Å²) in [5, 5.41) is 3.71. The number of hydrogen-bond donors (Lipinski definition) is 1. The first-order valence-corrected chi connectivity index (χ1v) is 7.03. The molecule has 1 fully saturated rings. The van der Waals surface area contributed by atoms with Gasteiger partial charge in [0.2, 0.25) is 0 Å². The van der Waals surface area contributed by atoms with E-state index in [4.69, 9.17) is 0 Å². The van der Waals surface area contributed by atoms with Crippen LogP contribution in [0.2, 0.25) is 0 Å². The van der Waals surface area contributed by atoms with E-state index < -0.39 is 0 Å². The summed E-state index contributed by atoms with van der Waals surface area (Å²) in [7, 11) is 0. The van der Waals surface area contributed by atoms with Crippen molar-refractivity contribution in [2.45, 2.75) is 52.5 Å². The molecule has 2 rings (SSSR count). The van der Waals surface area contributed by atoms with Crippen molar-refractivity contribution in [3.05, 3.63) is 34.9 Å². The number of nitrogens with one attached hydrogen (secondary N) is 1. The molecule has 0 saturated heterocycles. The smallest absolute Gasteiger partial charge is 0.0351 e. The fourth-order valence-electron chi connectivity index (χ4n) is 3.15. The molecule has 0 heterocycles. The van der Waals surface area contributed by atoms with E-state index in [1.807, 2.05) is 0 Å². The molecule has 1 N–H and O–H groups in total. The summed E-state index contributed by atoms with van der Waals surface area (Å²) in [4.78, 5) is 0. The van der Waals surface area contributed by atoms with Crippen molar-refractivity contribution < 1.29 is 0 Å². The third-order valence-electron chi connectivity index (χ3n) is 4.28. The van der Waals surface area contributed by atoms with E-state index in [0.717, 1.165) is 12.5 Å². The average Bonchev–Trinajstić information content (AvgIpc) is 2.84. The van der Waals surface area contributed by atoms with Gasteiger partial charge in [0.15, 0.2) is 0 Å². The highest BCUT2D eigenvalue weighted by Gasteiger charge is 2.26. The molecule has 0 radical (unpaired) electrons. The summed E-state index contributed by atoms with van der Waals surface area (Å²) >= 11 is 0. The average molecular weight is 231 g/mol. The molecule has 0 aromatic heterocycles. The molecule has 1 unspecified atom stereocenters. The van der Waals surface area contributed by atoms with Crippen LogP contribution in [0.5, 0.6) is 0 Å². The predicted molar refractivity (Wildman–Crippen MR) is 74.3 cm³/mol. The monoisotopic (exact) mass is 231 g/mol. The summed E-state index contributed by atoms with van der Waals surface area (Å²) in [6.45, 7) is 7.77. The van der Waals surface area contributed by atoms with Gasteiger partial charge >= 0.3 is 0 Å². The van der Waals surface area contributed by atoms with Crippen molar-refractivity contribution in [3.8, 4) is 0 Å². The van der Waals surface area contributed by atoms with Gasteiger partial charge in [-0.15, -0.1) is 0 Å². The third-order valence-corrected chi connectivity index (χ3v) is 4.28. The first-order chi connectivity index (χ1) is 8.24. The Balaban J connectivity index is 2.27. The molecule has 1 aliphatic carbocycles. The number of rotatable bonds is 4. The van der Waals surface area contributed by atoms with Crippen LogP contribution in [-0.2, 0) is 0 Å². The first-order valence-electron chi connectivity index (χ1n) is 7.03. The lowest BCUT2D eigenvalue weighted by Crippen LogP contribution is -2.27. The van der Waals surface area contributed by atoms with Crippen LogP contribution in [-0.4, -0.2) is 6.54 Å². The second-order valence-electron chi connectivity index (χ2n) is 5.37. The fraction of sp³-hybridized carbons (Fsp3) is 0.625. The van der Waals surface area contributed by atoms with Gasteiger partial charge in [-0.1, -0.05) is 38.0 Å². The van der Waals surface area contributed by atoms with Gasteiger partial charge < -0.3 is 5.32 Å². The van der Waals surface area contributed by atoms with Gasteiger partial charge in [-0.25, -0.2) is 0 Å². The highest BCUT2D eigenvalue weighted by molar-refractivity contribution is 5.35. The van der Waals surface area contributed by atoms with Crippen LogP contribution in [0.25, 0.3) is 0 Å². The molecule has 1 aliphatic rings. The van der Waals surface area contributed by atoms with Crippen molar-refractivity contribution in [2.75, 3.05) is 6.54 Å². The van der Waals surface area contributed by atoms with Crippen molar-refractivity contribution in [1.29, 1.82) is 0 Å². The second-order valence-corrected chi connectivity index (χ2v) is 5.37. The molecule has 94 valence electrons. The van der Waals surface area contributed by atoms with Crippen molar-refractivity contribution in [2.24, 2.45) is 5.92 Å². The van der Waals surface area contributed by atoms with E-state index >= 15 is 0 Å². The first kappa shape index (κ1) is 12.6. The molecular weight excluding hydrogens is 206 g/mol. The molecular formula is C16H25N. The van der Waals surface area contributed by atoms with E-state index in [1.165, 1.54) is 42.4 Å². The molecule has 1 saturated carbocycles. The Hall–Kier alpha value is -0.820. The Morgan fingerprint density at radius 3 is 2.59 bits per heavy atom. The van der Waals surface area contributed by atoms with Gasteiger partial charge in [0.1, 0.15) is 0 Å². The highest BCUT2D eigenvalue weighted by atomic mass is 14.9. The SMILES string of the molecule is CCNC(c1cccc(C)c1C)C1CCCC1. The summed E-state index contributed by atoms with van der Waals surface area (Å²) in [5.74, 6) is 0.843. The number of benzene rings is 1. The normalized spacial score (nSPS) is 18.5. The second kappa shape index (κ2) is 5.68. The zero-order valence-electron chi connectivity index (χ0n) is 11.4. The van der Waals surface area contributed by atoms with Crippen LogP contribution in [0.15, 0.2) is 18.2 Å². The number of hydrogen-bond acceptors (Lipinski definition) is 1. The zero-order chi connectivity index (χ0) is 12.3. The van der Waals surface area contributed by atoms with Crippen LogP contribution in [0.3, 0.4) is 0 Å². The maximum atomic E-state index is 3.71. The van der Waals surface area contributed by atoms with Gasteiger partial charge in [-0.3, -0.25) is 0 Å². The minimum absolute atomic E-state index is 0.572. The van der Waals surface area contributed by atoms with Crippen LogP contribution in [0.4, 0.5) is 0 Å². The fourth-order valence-corrected chi connectivity index (χ4v) is 3.15. The van der Waals surface area contributed by atoms with Crippen LogP contribution >= 0.6 is 0 Å². The minimum Gasteiger partial charge on any atom is -0.310 e. The van der Waals surface area contributed by atoms with E-state index in [2.05, 4.69) is 44.3 Å². The summed E-state index contributed by atoms with van der Waals surface area (Å²) < 4.78 is 0. The zero-order valence-corrected chi connectivity index (χ0v) is 11.4. The minimum atomic E-state index is 0.572. The lowest BCUT2D eigenvalue weighted by Gasteiger charge is -2.27. The van der Waals surface area contributed by atoms with E-state index in [1.54, 1.807) is 0 Å². The highest BCUT2D eigenvalue weighted by Crippen LogP contribution is 2.37. The maximum absolute atomic E-state index is 3.71. The molecule has 1 nitrogen and oxygen atoms in total. The standard InChI is InChI=1S/C16H25N/c1-4-17-16(14-9-5-6-10-14)15-11-7-8-12(2)13(15)3/h7-8,11,14,16-17H,4-6,9-10H2,1-3H3. The quantitative estimate of drug-likeness (QED) is 0.821. The lowest BCUT2D eigenvalue weighted by atomic mass is 9.87. The van der Waals surface area contributed by atoms with Crippen LogP contribution in [0.1, 0.15) is 55.3 Å². The van der Waals surface area contributed by atoms with Gasteiger partial charge in [-0.2, -0.15) is 0 Å². The molecule has 1 heteroatoms. The van der Waals surface area contributed by atoms with Crippen molar-refractivity contribution in [1.82, 2.24) is 5.32 Å². The molecule has 1 aromatic rings. The molecule has 0 amide bonds. The predicted octanol–water partition coefficient (Wildman–Crippen LogP) is 4.14. The molecule has 0 aliphatic heterocycles. The summed E-state index contributed by atoms with van der Waals surface area (Å²) in [6, 6.07) is 7.31. The van der Waals surface area contributed by atoms with Crippen molar-refractivity contribution in [3.63, 3.8) is 0 Å².